The first-order valence-electron chi connectivity index (χ1n) is 10.7. The summed E-state index contributed by atoms with van der Waals surface area (Å²) in [5.74, 6) is 1.79. The van der Waals surface area contributed by atoms with Gasteiger partial charge in [0.05, 0.1) is 23.1 Å². The molecule has 0 saturated heterocycles. The Balaban J connectivity index is 1.23. The molecule has 0 aromatic heterocycles. The molecule has 2 aliphatic rings. The largest absolute Gasteiger partial charge is 0.490 e. The van der Waals surface area contributed by atoms with Crippen molar-refractivity contribution in [1.29, 1.82) is 0 Å². The zero-order valence-corrected chi connectivity index (χ0v) is 19.5. The van der Waals surface area contributed by atoms with Crippen molar-refractivity contribution in [2.75, 3.05) is 39.5 Å². The second-order valence-corrected chi connectivity index (χ2v) is 9.68. The van der Waals surface area contributed by atoms with Gasteiger partial charge >= 0.3 is 0 Å². The Morgan fingerprint density at radius 2 is 1.67 bits per heavy atom. The van der Waals surface area contributed by atoms with E-state index >= 15 is 0 Å². The van der Waals surface area contributed by atoms with Gasteiger partial charge in [0.15, 0.2) is 23.0 Å². The van der Waals surface area contributed by atoms with E-state index in [2.05, 4.69) is 10.0 Å². The molecule has 2 N–H and O–H groups in total. The summed E-state index contributed by atoms with van der Waals surface area (Å²) in [5.41, 5.74) is 0.902. The second-order valence-electron chi connectivity index (χ2n) is 7.51. The molecule has 9 nitrogen and oxygen atoms in total. The third-order valence-corrected chi connectivity index (χ3v) is 6.81. The van der Waals surface area contributed by atoms with Crippen molar-refractivity contribution in [3.63, 3.8) is 0 Å². The molecule has 33 heavy (non-hydrogen) atoms. The van der Waals surface area contributed by atoms with Crippen molar-refractivity contribution in [2.24, 2.45) is 0 Å². The Kier molecular flexibility index (Phi) is 7.46. The van der Waals surface area contributed by atoms with Crippen molar-refractivity contribution in [3.8, 4) is 23.0 Å². The van der Waals surface area contributed by atoms with Crippen LogP contribution in [0.15, 0.2) is 35.2 Å². The van der Waals surface area contributed by atoms with E-state index in [-0.39, 0.29) is 23.8 Å². The van der Waals surface area contributed by atoms with Crippen LogP contribution in [0.2, 0.25) is 5.02 Å². The Morgan fingerprint density at radius 1 is 0.909 bits per heavy atom. The predicted octanol–water partition coefficient (Wildman–Crippen LogP) is 2.30. The Morgan fingerprint density at radius 3 is 2.52 bits per heavy atom. The average Bonchev–Trinajstić information content (AvgIpc) is 3.04. The van der Waals surface area contributed by atoms with Gasteiger partial charge in [-0.1, -0.05) is 11.6 Å². The van der Waals surface area contributed by atoms with Crippen LogP contribution in [-0.4, -0.2) is 53.8 Å². The highest BCUT2D eigenvalue weighted by Gasteiger charge is 2.19. The average molecular weight is 497 g/mol. The third kappa shape index (κ3) is 6.01. The number of carbonyl (C=O) groups is 1. The summed E-state index contributed by atoms with van der Waals surface area (Å²) in [5, 5.41) is 3.25. The third-order valence-electron chi connectivity index (χ3n) is 5.07. The van der Waals surface area contributed by atoms with Crippen LogP contribution in [0.1, 0.15) is 18.4 Å². The molecule has 0 radical (unpaired) electrons. The van der Waals surface area contributed by atoms with Gasteiger partial charge in [-0.15, -0.1) is 0 Å². The van der Waals surface area contributed by atoms with Gasteiger partial charge in [0, 0.05) is 32.0 Å². The van der Waals surface area contributed by atoms with Crippen LogP contribution in [0.3, 0.4) is 0 Å². The van der Waals surface area contributed by atoms with Gasteiger partial charge < -0.3 is 24.3 Å². The molecule has 0 saturated carbocycles. The fraction of sp³-hybridized carbons (Fsp3) is 0.409. The molecule has 2 heterocycles. The van der Waals surface area contributed by atoms with E-state index < -0.39 is 10.0 Å². The number of sulfonamides is 1. The fourth-order valence-electron chi connectivity index (χ4n) is 3.44. The number of nitrogens with one attached hydrogen (secondary N) is 2. The normalized spacial score (nSPS) is 14.9. The van der Waals surface area contributed by atoms with Crippen molar-refractivity contribution in [1.82, 2.24) is 10.0 Å². The van der Waals surface area contributed by atoms with Gasteiger partial charge in [0.25, 0.3) is 0 Å². The standard InChI is InChI=1S/C22H25ClN2O7S/c23-17-12-15(13-20-22(17)32-11-10-31-20)4-6-24-21(26)5-7-25-33(27,28)16-2-3-18-19(14-16)30-9-1-8-29-18/h2-3,12-14,25H,1,4-11H2,(H,24,26). The lowest BCUT2D eigenvalue weighted by atomic mass is 10.1. The molecule has 0 bridgehead atoms. The molecule has 4 rings (SSSR count). The maximum Gasteiger partial charge on any atom is 0.240 e. The van der Waals surface area contributed by atoms with E-state index in [0.717, 1.165) is 12.0 Å². The summed E-state index contributed by atoms with van der Waals surface area (Å²) in [6.07, 6.45) is 1.28. The zero-order chi connectivity index (χ0) is 23.3. The number of rotatable bonds is 8. The number of amides is 1. The SMILES string of the molecule is O=C(CCNS(=O)(=O)c1ccc2c(c1)OCCCO2)NCCc1cc(Cl)c2c(c1)OCCO2. The van der Waals surface area contributed by atoms with E-state index in [1.807, 2.05) is 6.07 Å². The van der Waals surface area contributed by atoms with E-state index in [1.54, 1.807) is 12.1 Å². The van der Waals surface area contributed by atoms with Crippen molar-refractivity contribution >= 4 is 27.5 Å². The lowest BCUT2D eigenvalue weighted by Gasteiger charge is -2.20. The number of carbonyl (C=O) groups excluding carboxylic acids is 1. The van der Waals surface area contributed by atoms with Crippen LogP contribution in [0.25, 0.3) is 0 Å². The quantitative estimate of drug-likeness (QED) is 0.576. The van der Waals surface area contributed by atoms with Crippen LogP contribution in [0, 0.1) is 0 Å². The smallest absolute Gasteiger partial charge is 0.240 e. The van der Waals surface area contributed by atoms with Crippen molar-refractivity contribution in [2.45, 2.75) is 24.2 Å². The lowest BCUT2D eigenvalue weighted by molar-refractivity contribution is -0.120. The van der Waals surface area contributed by atoms with Crippen molar-refractivity contribution in [3.05, 3.63) is 40.9 Å². The summed E-state index contributed by atoms with van der Waals surface area (Å²) >= 11 is 6.23. The Labute approximate surface area is 197 Å². The molecule has 2 aliphatic heterocycles. The molecule has 11 heteroatoms. The minimum atomic E-state index is -3.78. The Hall–Kier alpha value is -2.69. The second kappa shape index (κ2) is 10.5. The van der Waals surface area contributed by atoms with Gasteiger partial charge in [-0.25, -0.2) is 13.1 Å². The first kappa shape index (κ1) is 23.5. The van der Waals surface area contributed by atoms with Gasteiger partial charge in [-0.05, 0) is 36.2 Å². The topological polar surface area (TPSA) is 112 Å². The van der Waals surface area contributed by atoms with Gasteiger partial charge in [0.2, 0.25) is 15.9 Å². The van der Waals surface area contributed by atoms with E-state index in [1.165, 1.54) is 12.1 Å². The summed E-state index contributed by atoms with van der Waals surface area (Å²) in [6.45, 7) is 2.26. The lowest BCUT2D eigenvalue weighted by Crippen LogP contribution is -2.31. The van der Waals surface area contributed by atoms with Crippen LogP contribution in [0.5, 0.6) is 23.0 Å². The maximum atomic E-state index is 12.6. The van der Waals surface area contributed by atoms with Crippen LogP contribution in [-0.2, 0) is 21.2 Å². The molecule has 0 unspecified atom stereocenters. The first-order chi connectivity index (χ1) is 15.9. The number of fused-ring (bicyclic) bond motifs is 2. The number of hydrogen-bond donors (Lipinski definition) is 2. The van der Waals surface area contributed by atoms with Gasteiger partial charge in [0.1, 0.15) is 13.2 Å². The molecule has 2 aromatic carbocycles. The summed E-state index contributed by atoms with van der Waals surface area (Å²) in [7, 11) is -3.78. The van der Waals surface area contributed by atoms with E-state index in [9.17, 15) is 13.2 Å². The van der Waals surface area contributed by atoms with Crippen LogP contribution in [0.4, 0.5) is 0 Å². The highest BCUT2D eigenvalue weighted by molar-refractivity contribution is 7.89. The number of halogens is 1. The molecule has 0 spiro atoms. The molecular weight excluding hydrogens is 472 g/mol. The summed E-state index contributed by atoms with van der Waals surface area (Å²) in [6, 6.07) is 8.09. The summed E-state index contributed by atoms with van der Waals surface area (Å²) < 4.78 is 49.7. The van der Waals surface area contributed by atoms with Crippen molar-refractivity contribution < 1.29 is 32.2 Å². The molecule has 0 aliphatic carbocycles. The summed E-state index contributed by atoms with van der Waals surface area (Å²) in [4.78, 5) is 12.2. The molecule has 178 valence electrons. The highest BCUT2D eigenvalue weighted by Crippen LogP contribution is 2.38. The van der Waals surface area contributed by atoms with E-state index in [4.69, 9.17) is 30.5 Å². The number of benzene rings is 2. The minimum absolute atomic E-state index is 0.00563. The number of hydrogen-bond acceptors (Lipinski definition) is 7. The van der Waals surface area contributed by atoms with Gasteiger partial charge in [-0.3, -0.25) is 4.79 Å². The number of ether oxygens (including phenoxy) is 4. The molecule has 2 aromatic rings. The molecule has 0 atom stereocenters. The highest BCUT2D eigenvalue weighted by atomic mass is 35.5. The predicted molar refractivity (Wildman–Crippen MR) is 121 cm³/mol. The molecular formula is C22H25ClN2O7S. The first-order valence-corrected chi connectivity index (χ1v) is 12.5. The van der Waals surface area contributed by atoms with Crippen LogP contribution < -0.4 is 29.0 Å². The zero-order valence-electron chi connectivity index (χ0n) is 17.9. The van der Waals surface area contributed by atoms with Gasteiger partial charge in [-0.2, -0.15) is 0 Å². The minimum Gasteiger partial charge on any atom is -0.490 e. The fourth-order valence-corrected chi connectivity index (χ4v) is 4.77. The monoisotopic (exact) mass is 496 g/mol. The molecule has 0 fully saturated rings. The Bertz CT molecular complexity index is 1120. The van der Waals surface area contributed by atoms with Crippen LogP contribution >= 0.6 is 11.6 Å². The van der Waals surface area contributed by atoms with E-state index in [0.29, 0.717) is 67.4 Å². The molecule has 1 amide bonds. The maximum absolute atomic E-state index is 12.6.